The summed E-state index contributed by atoms with van der Waals surface area (Å²) in [6.45, 7) is 2.85. The Morgan fingerprint density at radius 1 is 1.33 bits per heavy atom. The lowest BCUT2D eigenvalue weighted by molar-refractivity contribution is 0.199. The Labute approximate surface area is 129 Å². The van der Waals surface area contributed by atoms with Crippen LogP contribution in [-0.2, 0) is 17.8 Å². The van der Waals surface area contributed by atoms with Gasteiger partial charge in [0.15, 0.2) is 0 Å². The molecule has 114 valence electrons. The molecule has 1 N–H and O–H groups in total. The lowest BCUT2D eigenvalue weighted by Crippen LogP contribution is -2.22. The molecular weight excluding hydrogens is 287 g/mol. The van der Waals surface area contributed by atoms with Crippen molar-refractivity contribution in [1.29, 1.82) is 0 Å². The molecule has 0 amide bonds. The first-order valence-corrected chi connectivity index (χ1v) is 7.85. The minimum Gasteiger partial charge on any atom is -0.383 e. The largest absolute Gasteiger partial charge is 0.383 e. The summed E-state index contributed by atoms with van der Waals surface area (Å²) in [7, 11) is 3.70. The van der Waals surface area contributed by atoms with E-state index in [4.69, 9.17) is 4.74 Å². The van der Waals surface area contributed by atoms with E-state index in [0.29, 0.717) is 13.2 Å². The van der Waals surface area contributed by atoms with Gasteiger partial charge in [0.05, 0.1) is 6.61 Å². The molecule has 2 rings (SSSR count). The molecule has 0 atom stereocenters. The number of nitrogens with zero attached hydrogens (tertiary/aromatic N) is 1. The number of hydrogen-bond donors (Lipinski definition) is 1. The fourth-order valence-corrected chi connectivity index (χ4v) is 2.87. The molecule has 0 aliphatic carbocycles. The second-order valence-corrected chi connectivity index (χ2v) is 5.71. The molecule has 2 aromatic rings. The van der Waals surface area contributed by atoms with E-state index in [1.165, 1.54) is 11.6 Å². The van der Waals surface area contributed by atoms with Crippen LogP contribution in [0, 0.1) is 5.82 Å². The van der Waals surface area contributed by atoms with Gasteiger partial charge in [-0.25, -0.2) is 4.39 Å². The minimum absolute atomic E-state index is 0.203. The van der Waals surface area contributed by atoms with Crippen molar-refractivity contribution in [3.05, 3.63) is 52.0 Å². The van der Waals surface area contributed by atoms with Crippen molar-refractivity contribution >= 4 is 17.0 Å². The molecular formula is C16H21FN2OS. The minimum atomic E-state index is -0.203. The van der Waals surface area contributed by atoms with Crippen molar-refractivity contribution in [1.82, 2.24) is 5.32 Å². The summed E-state index contributed by atoms with van der Waals surface area (Å²) in [6, 6.07) is 7.06. The van der Waals surface area contributed by atoms with Crippen molar-refractivity contribution < 1.29 is 9.13 Å². The maximum atomic E-state index is 13.5. The summed E-state index contributed by atoms with van der Waals surface area (Å²) in [4.78, 5) is 2.15. The number of hydrogen-bond acceptors (Lipinski definition) is 4. The summed E-state index contributed by atoms with van der Waals surface area (Å²) < 4.78 is 18.5. The van der Waals surface area contributed by atoms with E-state index in [9.17, 15) is 4.39 Å². The highest BCUT2D eigenvalue weighted by molar-refractivity contribution is 7.07. The van der Waals surface area contributed by atoms with Gasteiger partial charge in [0.1, 0.15) is 5.82 Å². The molecule has 0 radical (unpaired) electrons. The van der Waals surface area contributed by atoms with Crippen LogP contribution in [0.4, 0.5) is 10.1 Å². The maximum absolute atomic E-state index is 13.5. The Balaban J connectivity index is 2.06. The van der Waals surface area contributed by atoms with Crippen molar-refractivity contribution in [3.8, 4) is 0 Å². The predicted octanol–water partition coefficient (Wildman–Crippen LogP) is 3.26. The van der Waals surface area contributed by atoms with Gasteiger partial charge in [0, 0.05) is 39.5 Å². The maximum Gasteiger partial charge on any atom is 0.123 e. The third kappa shape index (κ3) is 4.81. The summed E-state index contributed by atoms with van der Waals surface area (Å²) >= 11 is 1.69. The molecule has 3 nitrogen and oxygen atoms in total. The fourth-order valence-electron chi connectivity index (χ4n) is 2.21. The second kappa shape index (κ2) is 8.12. The van der Waals surface area contributed by atoms with Crippen molar-refractivity contribution in [2.24, 2.45) is 0 Å². The van der Waals surface area contributed by atoms with Crippen molar-refractivity contribution in [2.45, 2.75) is 13.1 Å². The molecule has 1 aromatic heterocycles. The Morgan fingerprint density at radius 3 is 2.90 bits per heavy atom. The van der Waals surface area contributed by atoms with Gasteiger partial charge in [-0.2, -0.15) is 11.3 Å². The van der Waals surface area contributed by atoms with Gasteiger partial charge in [-0.15, -0.1) is 0 Å². The average Bonchev–Trinajstić information content (AvgIpc) is 2.96. The molecule has 0 spiro atoms. The van der Waals surface area contributed by atoms with Crippen LogP contribution in [0.3, 0.4) is 0 Å². The topological polar surface area (TPSA) is 24.5 Å². The molecule has 0 fully saturated rings. The van der Waals surface area contributed by atoms with E-state index in [1.807, 2.05) is 13.1 Å². The average molecular weight is 308 g/mol. The predicted molar refractivity (Wildman–Crippen MR) is 86.4 cm³/mol. The summed E-state index contributed by atoms with van der Waals surface area (Å²) in [5, 5.41) is 7.47. The molecule has 1 heterocycles. The van der Waals surface area contributed by atoms with E-state index >= 15 is 0 Å². The highest BCUT2D eigenvalue weighted by Gasteiger charge is 2.09. The molecule has 0 aliphatic rings. The molecule has 0 aliphatic heterocycles. The van der Waals surface area contributed by atoms with E-state index in [2.05, 4.69) is 27.0 Å². The van der Waals surface area contributed by atoms with Gasteiger partial charge in [-0.1, -0.05) is 0 Å². The molecule has 0 saturated heterocycles. The Morgan fingerprint density at radius 2 is 2.19 bits per heavy atom. The number of methoxy groups -OCH3 is 1. The van der Waals surface area contributed by atoms with Crippen LogP contribution < -0.4 is 10.2 Å². The number of anilines is 1. The SMILES string of the molecule is COCCNCc1cc(F)ccc1N(C)Cc1ccsc1. The summed E-state index contributed by atoms with van der Waals surface area (Å²) in [5.74, 6) is -0.203. The van der Waals surface area contributed by atoms with Gasteiger partial charge in [0.25, 0.3) is 0 Å². The third-order valence-corrected chi connectivity index (χ3v) is 3.98. The van der Waals surface area contributed by atoms with Crippen LogP contribution in [0.15, 0.2) is 35.0 Å². The second-order valence-electron chi connectivity index (χ2n) is 4.93. The summed E-state index contributed by atoms with van der Waals surface area (Å²) in [6.07, 6.45) is 0. The molecule has 0 saturated carbocycles. The van der Waals surface area contributed by atoms with Crippen LogP contribution in [-0.4, -0.2) is 27.3 Å². The molecule has 5 heteroatoms. The van der Waals surface area contributed by atoms with E-state index in [0.717, 1.165) is 24.3 Å². The fraction of sp³-hybridized carbons (Fsp3) is 0.375. The number of benzene rings is 1. The van der Waals surface area contributed by atoms with Crippen LogP contribution in [0.5, 0.6) is 0 Å². The zero-order valence-electron chi connectivity index (χ0n) is 12.4. The van der Waals surface area contributed by atoms with Crippen LogP contribution in [0.2, 0.25) is 0 Å². The molecule has 1 aromatic carbocycles. The number of rotatable bonds is 8. The van der Waals surface area contributed by atoms with Crippen LogP contribution in [0.1, 0.15) is 11.1 Å². The van der Waals surface area contributed by atoms with Gasteiger partial charge >= 0.3 is 0 Å². The molecule has 0 bridgehead atoms. The van der Waals surface area contributed by atoms with Gasteiger partial charge in [-0.05, 0) is 46.2 Å². The van der Waals surface area contributed by atoms with Crippen molar-refractivity contribution in [2.75, 3.05) is 32.2 Å². The Hall–Kier alpha value is -1.43. The quantitative estimate of drug-likeness (QED) is 0.758. The number of nitrogens with one attached hydrogen (secondary N) is 1. The third-order valence-electron chi connectivity index (χ3n) is 3.25. The number of thiophene rings is 1. The van der Waals surface area contributed by atoms with Gasteiger partial charge < -0.3 is 15.0 Å². The van der Waals surface area contributed by atoms with Crippen LogP contribution >= 0.6 is 11.3 Å². The highest BCUT2D eigenvalue weighted by atomic mass is 32.1. The first-order valence-electron chi connectivity index (χ1n) is 6.91. The first kappa shape index (κ1) is 15.9. The molecule has 0 unspecified atom stereocenters. The Kier molecular flexibility index (Phi) is 6.17. The monoisotopic (exact) mass is 308 g/mol. The van der Waals surface area contributed by atoms with E-state index in [-0.39, 0.29) is 5.82 Å². The highest BCUT2D eigenvalue weighted by Crippen LogP contribution is 2.23. The number of halogens is 1. The zero-order chi connectivity index (χ0) is 15.1. The standard InChI is InChI=1S/C16H21FN2OS/c1-19(11-13-5-8-21-12-13)16-4-3-15(17)9-14(16)10-18-6-7-20-2/h3-5,8-9,12,18H,6-7,10-11H2,1-2H3. The zero-order valence-corrected chi connectivity index (χ0v) is 13.3. The van der Waals surface area contributed by atoms with Gasteiger partial charge in [0.2, 0.25) is 0 Å². The smallest absolute Gasteiger partial charge is 0.123 e. The van der Waals surface area contributed by atoms with Crippen LogP contribution in [0.25, 0.3) is 0 Å². The Bertz CT molecular complexity index is 545. The normalized spacial score (nSPS) is 10.8. The lowest BCUT2D eigenvalue weighted by atomic mass is 10.1. The first-order chi connectivity index (χ1) is 10.2. The number of ether oxygens (including phenoxy) is 1. The van der Waals surface area contributed by atoms with E-state index < -0.39 is 0 Å². The van der Waals surface area contributed by atoms with E-state index in [1.54, 1.807) is 24.5 Å². The summed E-state index contributed by atoms with van der Waals surface area (Å²) in [5.41, 5.74) is 3.28. The molecule has 21 heavy (non-hydrogen) atoms. The lowest BCUT2D eigenvalue weighted by Gasteiger charge is -2.22. The van der Waals surface area contributed by atoms with Crippen molar-refractivity contribution in [3.63, 3.8) is 0 Å². The van der Waals surface area contributed by atoms with Gasteiger partial charge in [-0.3, -0.25) is 0 Å².